The summed E-state index contributed by atoms with van der Waals surface area (Å²) in [6.45, 7) is 2.85. The van der Waals surface area contributed by atoms with Crippen LogP contribution in [0.1, 0.15) is 44.9 Å². The third-order valence-electron chi connectivity index (χ3n) is 5.94. The van der Waals surface area contributed by atoms with Crippen LogP contribution in [0.2, 0.25) is 0 Å². The predicted molar refractivity (Wildman–Crippen MR) is 118 cm³/mol. The van der Waals surface area contributed by atoms with Crippen molar-refractivity contribution in [1.82, 2.24) is 10.2 Å². The lowest BCUT2D eigenvalue weighted by Gasteiger charge is -2.21. The maximum absolute atomic E-state index is 12.7. The maximum Gasteiger partial charge on any atom is 0.263 e. The minimum absolute atomic E-state index is 0.0109. The lowest BCUT2D eigenvalue weighted by atomic mass is 9.87. The van der Waals surface area contributed by atoms with Crippen molar-refractivity contribution in [3.8, 4) is 0 Å². The SMILES string of the molecule is CN(C)C(=O)c1cc2c(s1)CCC(C(=O)NCc1ccc(N3CCCC3)cc1)C2. The summed E-state index contributed by atoms with van der Waals surface area (Å²) in [4.78, 5) is 31.0. The van der Waals surface area contributed by atoms with Gasteiger partial charge in [0, 0.05) is 50.2 Å². The van der Waals surface area contributed by atoms with E-state index in [9.17, 15) is 9.59 Å². The van der Waals surface area contributed by atoms with E-state index < -0.39 is 0 Å². The zero-order chi connectivity index (χ0) is 20.4. The monoisotopic (exact) mass is 411 g/mol. The van der Waals surface area contributed by atoms with E-state index in [4.69, 9.17) is 0 Å². The van der Waals surface area contributed by atoms with Crippen molar-refractivity contribution < 1.29 is 9.59 Å². The van der Waals surface area contributed by atoms with E-state index in [1.54, 1.807) is 30.3 Å². The minimum atomic E-state index is -0.0109. The summed E-state index contributed by atoms with van der Waals surface area (Å²) in [6, 6.07) is 10.5. The number of anilines is 1. The Hall–Kier alpha value is -2.34. The van der Waals surface area contributed by atoms with Gasteiger partial charge in [-0.25, -0.2) is 0 Å². The van der Waals surface area contributed by atoms with Gasteiger partial charge in [0.2, 0.25) is 5.91 Å². The molecule has 1 fully saturated rings. The van der Waals surface area contributed by atoms with Crippen LogP contribution in [0.5, 0.6) is 0 Å². The standard InChI is InChI=1S/C23H29N3O2S/c1-25(2)23(28)21-14-18-13-17(7-10-20(18)29-21)22(27)24-15-16-5-8-19(9-6-16)26-11-3-4-12-26/h5-6,8-9,14,17H,3-4,7,10-13,15H2,1-2H3,(H,24,27). The van der Waals surface area contributed by atoms with E-state index in [0.717, 1.165) is 42.8 Å². The molecule has 154 valence electrons. The summed E-state index contributed by atoms with van der Waals surface area (Å²) in [5.41, 5.74) is 3.58. The Bertz CT molecular complexity index is 882. The molecule has 1 aliphatic heterocycles. The fourth-order valence-corrected chi connectivity index (χ4v) is 5.44. The zero-order valence-electron chi connectivity index (χ0n) is 17.2. The molecule has 1 aliphatic carbocycles. The number of nitrogens with zero attached hydrogens (tertiary/aromatic N) is 2. The Morgan fingerprint density at radius 2 is 1.90 bits per heavy atom. The van der Waals surface area contributed by atoms with Gasteiger partial charge in [-0.05, 0) is 61.4 Å². The van der Waals surface area contributed by atoms with Gasteiger partial charge >= 0.3 is 0 Å². The van der Waals surface area contributed by atoms with Crippen LogP contribution in [-0.2, 0) is 24.2 Å². The van der Waals surface area contributed by atoms with Crippen molar-refractivity contribution in [3.05, 3.63) is 51.2 Å². The molecule has 1 atom stereocenters. The molecule has 2 heterocycles. The van der Waals surface area contributed by atoms with Crippen LogP contribution >= 0.6 is 11.3 Å². The number of rotatable bonds is 5. The molecule has 0 bridgehead atoms. The van der Waals surface area contributed by atoms with Gasteiger partial charge in [-0.2, -0.15) is 0 Å². The molecule has 1 aromatic carbocycles. The lowest BCUT2D eigenvalue weighted by Crippen LogP contribution is -2.33. The van der Waals surface area contributed by atoms with Crippen molar-refractivity contribution in [2.24, 2.45) is 5.92 Å². The van der Waals surface area contributed by atoms with Crippen molar-refractivity contribution in [3.63, 3.8) is 0 Å². The highest BCUT2D eigenvalue weighted by atomic mass is 32.1. The third kappa shape index (κ3) is 4.47. The highest BCUT2D eigenvalue weighted by molar-refractivity contribution is 7.14. The average molecular weight is 412 g/mol. The van der Waals surface area contributed by atoms with Crippen LogP contribution in [0, 0.1) is 5.92 Å². The summed E-state index contributed by atoms with van der Waals surface area (Å²) in [6.07, 6.45) is 5.00. The Kier molecular flexibility index (Phi) is 5.90. The Morgan fingerprint density at radius 1 is 1.17 bits per heavy atom. The smallest absolute Gasteiger partial charge is 0.263 e. The molecule has 5 nitrogen and oxygen atoms in total. The molecule has 1 saturated heterocycles. The highest BCUT2D eigenvalue weighted by Crippen LogP contribution is 2.33. The van der Waals surface area contributed by atoms with Crippen LogP contribution < -0.4 is 10.2 Å². The zero-order valence-corrected chi connectivity index (χ0v) is 18.1. The summed E-state index contributed by atoms with van der Waals surface area (Å²) in [5, 5.41) is 3.11. The molecule has 1 N–H and O–H groups in total. The van der Waals surface area contributed by atoms with E-state index >= 15 is 0 Å². The average Bonchev–Trinajstić information content (AvgIpc) is 3.41. The quantitative estimate of drug-likeness (QED) is 0.820. The Balaban J connectivity index is 1.32. The summed E-state index contributed by atoms with van der Waals surface area (Å²) in [5.74, 6) is 0.150. The molecule has 29 heavy (non-hydrogen) atoms. The summed E-state index contributed by atoms with van der Waals surface area (Å²) < 4.78 is 0. The van der Waals surface area contributed by atoms with Crippen LogP contribution in [0.4, 0.5) is 5.69 Å². The number of thiophene rings is 1. The number of carbonyl (C=O) groups excluding carboxylic acids is 2. The first-order chi connectivity index (χ1) is 14.0. The second kappa shape index (κ2) is 8.57. The molecule has 2 amide bonds. The summed E-state index contributed by atoms with van der Waals surface area (Å²) >= 11 is 1.58. The molecule has 2 aliphatic rings. The molecule has 2 aromatic rings. The van der Waals surface area contributed by atoms with Crippen molar-refractivity contribution in [2.45, 2.75) is 38.6 Å². The number of nitrogens with one attached hydrogen (secondary N) is 1. The van der Waals surface area contributed by atoms with E-state index in [1.807, 2.05) is 6.07 Å². The van der Waals surface area contributed by atoms with Crippen LogP contribution in [-0.4, -0.2) is 43.9 Å². The highest BCUT2D eigenvalue weighted by Gasteiger charge is 2.27. The van der Waals surface area contributed by atoms with Gasteiger partial charge in [0.1, 0.15) is 0 Å². The van der Waals surface area contributed by atoms with Crippen LogP contribution in [0.15, 0.2) is 30.3 Å². The third-order valence-corrected chi connectivity index (χ3v) is 7.17. The van der Waals surface area contributed by atoms with Gasteiger partial charge in [0.25, 0.3) is 5.91 Å². The molecular weight excluding hydrogens is 382 g/mol. The Labute approximate surface area is 176 Å². The lowest BCUT2D eigenvalue weighted by molar-refractivity contribution is -0.125. The Morgan fingerprint density at radius 3 is 2.59 bits per heavy atom. The molecular formula is C23H29N3O2S. The van der Waals surface area contributed by atoms with Gasteiger partial charge in [-0.1, -0.05) is 12.1 Å². The number of amides is 2. The number of benzene rings is 1. The fraction of sp³-hybridized carbons (Fsp3) is 0.478. The second-order valence-corrected chi connectivity index (χ2v) is 9.41. The molecule has 1 aromatic heterocycles. The van der Waals surface area contributed by atoms with Gasteiger partial charge in [0.05, 0.1) is 4.88 Å². The topological polar surface area (TPSA) is 52.7 Å². The summed E-state index contributed by atoms with van der Waals surface area (Å²) in [7, 11) is 3.55. The molecule has 0 saturated carbocycles. The van der Waals surface area contributed by atoms with Crippen LogP contribution in [0.3, 0.4) is 0 Å². The van der Waals surface area contributed by atoms with Gasteiger partial charge in [0.15, 0.2) is 0 Å². The minimum Gasteiger partial charge on any atom is -0.372 e. The number of carbonyl (C=O) groups is 2. The first kappa shape index (κ1) is 20.0. The molecule has 4 rings (SSSR count). The van der Waals surface area contributed by atoms with Gasteiger partial charge in [-0.15, -0.1) is 11.3 Å². The van der Waals surface area contributed by atoms with E-state index in [-0.39, 0.29) is 17.7 Å². The fourth-order valence-electron chi connectivity index (χ4n) is 4.21. The number of hydrogen-bond acceptors (Lipinski definition) is 4. The number of fused-ring (bicyclic) bond motifs is 1. The molecule has 0 spiro atoms. The number of hydrogen-bond donors (Lipinski definition) is 1. The second-order valence-electron chi connectivity index (χ2n) is 8.28. The van der Waals surface area contributed by atoms with Crippen molar-refractivity contribution in [2.75, 3.05) is 32.1 Å². The first-order valence-corrected chi connectivity index (χ1v) is 11.3. The molecule has 1 unspecified atom stereocenters. The van der Waals surface area contributed by atoms with Crippen LogP contribution in [0.25, 0.3) is 0 Å². The number of aryl methyl sites for hydroxylation is 1. The van der Waals surface area contributed by atoms with E-state index in [1.165, 1.54) is 29.0 Å². The molecule has 0 radical (unpaired) electrons. The van der Waals surface area contributed by atoms with E-state index in [0.29, 0.717) is 6.54 Å². The first-order valence-electron chi connectivity index (χ1n) is 10.5. The molecule has 6 heteroatoms. The predicted octanol–water partition coefficient (Wildman–Crippen LogP) is 3.47. The maximum atomic E-state index is 12.7. The normalized spacial score (nSPS) is 18.4. The van der Waals surface area contributed by atoms with E-state index in [2.05, 4.69) is 34.5 Å². The van der Waals surface area contributed by atoms with Gasteiger partial charge < -0.3 is 15.1 Å². The largest absolute Gasteiger partial charge is 0.372 e. The van der Waals surface area contributed by atoms with Gasteiger partial charge in [-0.3, -0.25) is 9.59 Å². The van der Waals surface area contributed by atoms with Crippen molar-refractivity contribution in [1.29, 1.82) is 0 Å². The van der Waals surface area contributed by atoms with Crippen molar-refractivity contribution >= 4 is 28.8 Å².